The number of aliphatic hydroxyl groups excluding tert-OH is 1. The molecule has 1 nitrogen and oxygen atoms in total. The Labute approximate surface area is 95.6 Å². The Morgan fingerprint density at radius 2 is 2.25 bits per heavy atom. The van der Waals surface area contributed by atoms with Gasteiger partial charge in [0.2, 0.25) is 0 Å². The monoisotopic (exact) mass is 220 g/mol. The smallest absolute Gasteiger partial charge is 0.126 e. The highest BCUT2D eigenvalue weighted by molar-refractivity contribution is 5.36. The molecule has 0 saturated heterocycles. The highest BCUT2D eigenvalue weighted by Crippen LogP contribution is 2.48. The standard InChI is InChI=1S/C14H17FO/c1-9(2)14(3)8-7-10-11(13(14)16)5-4-6-12(10)15/h4-6,13,16H,1,7-8H2,2-3H3/t13-,14+/m0/s1. The molecule has 2 atom stereocenters. The summed E-state index contributed by atoms with van der Waals surface area (Å²) in [5.41, 5.74) is 2.00. The normalized spacial score (nSPS) is 28.6. The lowest BCUT2D eigenvalue weighted by atomic mass is 9.67. The highest BCUT2D eigenvalue weighted by atomic mass is 19.1. The summed E-state index contributed by atoms with van der Waals surface area (Å²) >= 11 is 0. The highest BCUT2D eigenvalue weighted by Gasteiger charge is 2.39. The Hall–Kier alpha value is -1.15. The largest absolute Gasteiger partial charge is 0.387 e. The molecule has 0 bridgehead atoms. The van der Waals surface area contributed by atoms with E-state index in [9.17, 15) is 9.50 Å². The van der Waals surface area contributed by atoms with Gasteiger partial charge < -0.3 is 5.11 Å². The quantitative estimate of drug-likeness (QED) is 0.719. The van der Waals surface area contributed by atoms with Crippen molar-refractivity contribution in [2.45, 2.75) is 32.8 Å². The zero-order valence-corrected chi connectivity index (χ0v) is 9.76. The van der Waals surface area contributed by atoms with Gasteiger partial charge in [-0.25, -0.2) is 4.39 Å². The predicted molar refractivity (Wildman–Crippen MR) is 62.6 cm³/mol. The fraction of sp³-hybridized carbons (Fsp3) is 0.429. The first-order chi connectivity index (χ1) is 7.47. The first-order valence-electron chi connectivity index (χ1n) is 5.58. The number of aliphatic hydroxyl groups is 1. The molecule has 0 aromatic heterocycles. The van der Waals surface area contributed by atoms with Crippen molar-refractivity contribution in [2.24, 2.45) is 5.41 Å². The molecule has 0 heterocycles. The van der Waals surface area contributed by atoms with Crippen molar-refractivity contribution in [3.8, 4) is 0 Å². The Morgan fingerprint density at radius 3 is 2.88 bits per heavy atom. The third-order valence-electron chi connectivity index (χ3n) is 3.92. The second kappa shape index (κ2) is 3.70. The van der Waals surface area contributed by atoms with E-state index in [1.807, 2.05) is 19.9 Å². The second-order valence-corrected chi connectivity index (χ2v) is 4.91. The molecule has 1 aromatic rings. The van der Waals surface area contributed by atoms with Gasteiger partial charge in [0, 0.05) is 5.41 Å². The molecule has 1 N–H and O–H groups in total. The molecule has 0 amide bonds. The summed E-state index contributed by atoms with van der Waals surface area (Å²) in [4.78, 5) is 0. The first kappa shape index (κ1) is 11.3. The Bertz CT molecular complexity index is 438. The number of hydrogen-bond donors (Lipinski definition) is 1. The molecule has 0 aliphatic heterocycles. The van der Waals surface area contributed by atoms with Crippen LogP contribution in [0.1, 0.15) is 37.5 Å². The molecule has 0 saturated carbocycles. The van der Waals surface area contributed by atoms with Gasteiger partial charge in [-0.3, -0.25) is 0 Å². The summed E-state index contributed by atoms with van der Waals surface area (Å²) < 4.78 is 13.6. The molecule has 2 rings (SSSR count). The number of benzene rings is 1. The Balaban J connectivity index is 2.51. The van der Waals surface area contributed by atoms with E-state index in [0.29, 0.717) is 12.0 Å². The average molecular weight is 220 g/mol. The van der Waals surface area contributed by atoms with Crippen LogP contribution in [0.3, 0.4) is 0 Å². The summed E-state index contributed by atoms with van der Waals surface area (Å²) in [6.45, 7) is 7.86. The van der Waals surface area contributed by atoms with E-state index in [-0.39, 0.29) is 11.2 Å². The van der Waals surface area contributed by atoms with E-state index in [2.05, 4.69) is 6.58 Å². The zero-order valence-electron chi connectivity index (χ0n) is 9.76. The van der Waals surface area contributed by atoms with Crippen LogP contribution in [0.25, 0.3) is 0 Å². The second-order valence-electron chi connectivity index (χ2n) is 4.91. The topological polar surface area (TPSA) is 20.2 Å². The SMILES string of the molecule is C=C(C)[C@@]1(C)CCc2c(F)cccc2[C@@H]1O. The van der Waals surface area contributed by atoms with Crippen LogP contribution in [0.4, 0.5) is 4.39 Å². The molecule has 86 valence electrons. The third-order valence-corrected chi connectivity index (χ3v) is 3.92. The molecule has 1 aliphatic carbocycles. The van der Waals surface area contributed by atoms with Crippen molar-refractivity contribution in [3.05, 3.63) is 47.3 Å². The van der Waals surface area contributed by atoms with Gasteiger partial charge in [-0.15, -0.1) is 0 Å². The molecule has 0 unspecified atom stereocenters. The van der Waals surface area contributed by atoms with Gasteiger partial charge in [0.05, 0.1) is 6.10 Å². The van der Waals surface area contributed by atoms with Gasteiger partial charge >= 0.3 is 0 Å². The van der Waals surface area contributed by atoms with Crippen molar-refractivity contribution in [3.63, 3.8) is 0 Å². The van der Waals surface area contributed by atoms with Crippen molar-refractivity contribution >= 4 is 0 Å². The van der Waals surface area contributed by atoms with Gasteiger partial charge in [-0.2, -0.15) is 0 Å². The maximum absolute atomic E-state index is 13.6. The molecule has 0 radical (unpaired) electrons. The average Bonchev–Trinajstić information content (AvgIpc) is 2.24. The molecule has 1 aliphatic rings. The number of hydrogen-bond acceptors (Lipinski definition) is 1. The number of rotatable bonds is 1. The van der Waals surface area contributed by atoms with E-state index >= 15 is 0 Å². The lowest BCUT2D eigenvalue weighted by Gasteiger charge is -2.40. The minimum atomic E-state index is -0.649. The van der Waals surface area contributed by atoms with Gasteiger partial charge in [0.1, 0.15) is 5.82 Å². The van der Waals surface area contributed by atoms with E-state index in [4.69, 9.17) is 0 Å². The van der Waals surface area contributed by atoms with E-state index < -0.39 is 6.10 Å². The predicted octanol–water partition coefficient (Wildman–Crippen LogP) is 3.39. The fourth-order valence-corrected chi connectivity index (χ4v) is 2.41. The van der Waals surface area contributed by atoms with Crippen LogP contribution in [0.15, 0.2) is 30.4 Å². The summed E-state index contributed by atoms with van der Waals surface area (Å²) in [6, 6.07) is 4.92. The molecule has 16 heavy (non-hydrogen) atoms. The van der Waals surface area contributed by atoms with E-state index in [1.165, 1.54) is 6.07 Å². The van der Waals surface area contributed by atoms with Crippen molar-refractivity contribution in [2.75, 3.05) is 0 Å². The van der Waals surface area contributed by atoms with Gasteiger partial charge in [-0.05, 0) is 37.0 Å². The fourth-order valence-electron chi connectivity index (χ4n) is 2.41. The van der Waals surface area contributed by atoms with Crippen LogP contribution < -0.4 is 0 Å². The van der Waals surface area contributed by atoms with Crippen LogP contribution in [0.5, 0.6) is 0 Å². The van der Waals surface area contributed by atoms with Crippen LogP contribution in [0.2, 0.25) is 0 Å². The molecule has 1 aromatic carbocycles. The van der Waals surface area contributed by atoms with E-state index in [1.54, 1.807) is 6.07 Å². The summed E-state index contributed by atoms with van der Waals surface area (Å²) in [5, 5.41) is 10.3. The minimum Gasteiger partial charge on any atom is -0.387 e. The maximum Gasteiger partial charge on any atom is 0.126 e. The Morgan fingerprint density at radius 1 is 1.56 bits per heavy atom. The van der Waals surface area contributed by atoms with Crippen molar-refractivity contribution in [1.82, 2.24) is 0 Å². The summed E-state index contributed by atoms with van der Waals surface area (Å²) in [7, 11) is 0. The van der Waals surface area contributed by atoms with Gasteiger partial charge in [-0.1, -0.05) is 31.2 Å². The lowest BCUT2D eigenvalue weighted by Crippen LogP contribution is -2.32. The molecule has 0 spiro atoms. The molecule has 0 fully saturated rings. The maximum atomic E-state index is 13.6. The van der Waals surface area contributed by atoms with Crippen LogP contribution >= 0.6 is 0 Å². The van der Waals surface area contributed by atoms with Crippen LogP contribution in [0, 0.1) is 11.2 Å². The lowest BCUT2D eigenvalue weighted by molar-refractivity contribution is 0.0460. The number of fused-ring (bicyclic) bond motifs is 1. The van der Waals surface area contributed by atoms with Crippen LogP contribution in [-0.2, 0) is 6.42 Å². The van der Waals surface area contributed by atoms with Crippen molar-refractivity contribution in [1.29, 1.82) is 0 Å². The molecular formula is C14H17FO. The van der Waals surface area contributed by atoms with E-state index in [0.717, 1.165) is 17.6 Å². The number of halogens is 1. The van der Waals surface area contributed by atoms with Gasteiger partial charge in [0.15, 0.2) is 0 Å². The van der Waals surface area contributed by atoms with Gasteiger partial charge in [0.25, 0.3) is 0 Å². The zero-order chi connectivity index (χ0) is 11.9. The third kappa shape index (κ3) is 1.49. The first-order valence-corrected chi connectivity index (χ1v) is 5.58. The summed E-state index contributed by atoms with van der Waals surface area (Å²) in [5.74, 6) is -0.208. The summed E-state index contributed by atoms with van der Waals surface area (Å²) in [6.07, 6.45) is 0.768. The molecule has 2 heteroatoms. The minimum absolute atomic E-state index is 0.208. The molecular weight excluding hydrogens is 203 g/mol. The Kier molecular flexibility index (Phi) is 2.62. The van der Waals surface area contributed by atoms with Crippen molar-refractivity contribution < 1.29 is 9.50 Å². The van der Waals surface area contributed by atoms with Crippen LogP contribution in [-0.4, -0.2) is 5.11 Å².